The van der Waals surface area contributed by atoms with Crippen molar-refractivity contribution in [2.75, 3.05) is 54.5 Å². The Balaban J connectivity index is 1.40. The van der Waals surface area contributed by atoms with Gasteiger partial charge in [-0.05, 0) is 31.0 Å². The molecule has 0 saturated carbocycles. The molecular weight excluding hydrogens is 366 g/mol. The average molecular weight is 398 g/mol. The minimum absolute atomic E-state index is 0.0166. The van der Waals surface area contributed by atoms with E-state index in [1.54, 1.807) is 0 Å². The van der Waals surface area contributed by atoms with Crippen LogP contribution in [0.1, 0.15) is 39.3 Å². The van der Waals surface area contributed by atoms with Crippen molar-refractivity contribution in [3.63, 3.8) is 0 Å². The highest BCUT2D eigenvalue weighted by atomic mass is 16.5. The maximum atomic E-state index is 5.42. The molecule has 1 unspecified atom stereocenters. The summed E-state index contributed by atoms with van der Waals surface area (Å²) in [6.45, 7) is 11.5. The quantitative estimate of drug-likeness (QED) is 0.843. The summed E-state index contributed by atoms with van der Waals surface area (Å²) in [5.74, 6) is 2.60. The van der Waals surface area contributed by atoms with Gasteiger partial charge in [-0.1, -0.05) is 20.8 Å². The third-order valence-electron chi connectivity index (χ3n) is 5.45. The first-order chi connectivity index (χ1) is 14.0. The van der Waals surface area contributed by atoms with Crippen LogP contribution in [-0.4, -0.2) is 65.6 Å². The number of hydrogen-bond acceptors (Lipinski definition) is 8. The normalized spacial score (nSPS) is 20.6. The molecule has 2 fully saturated rings. The zero-order valence-electron chi connectivity index (χ0n) is 17.6. The average Bonchev–Trinajstić information content (AvgIpc) is 2.74. The summed E-state index contributed by atoms with van der Waals surface area (Å²) in [5, 5.41) is 12.5. The standard InChI is InChI=1S/C21H31N7O/c1-21(2,3)17-6-7-19(26-25-17)28-10-4-5-16(15-28)23-18-8-9-22-20(24-18)27-11-13-29-14-12-27/h6-9,16H,4-5,10-15H2,1-3H3,(H,22,23,24). The van der Waals surface area contributed by atoms with Gasteiger partial charge in [0.2, 0.25) is 5.95 Å². The minimum atomic E-state index is 0.0166. The number of ether oxygens (including phenoxy) is 1. The van der Waals surface area contributed by atoms with Gasteiger partial charge in [0.1, 0.15) is 5.82 Å². The summed E-state index contributed by atoms with van der Waals surface area (Å²) < 4.78 is 5.42. The lowest BCUT2D eigenvalue weighted by Gasteiger charge is -2.34. The van der Waals surface area contributed by atoms with Gasteiger partial charge in [-0.25, -0.2) is 4.98 Å². The number of anilines is 3. The lowest BCUT2D eigenvalue weighted by Crippen LogP contribution is -2.43. The van der Waals surface area contributed by atoms with E-state index in [0.29, 0.717) is 6.04 Å². The molecule has 8 nitrogen and oxygen atoms in total. The fourth-order valence-corrected chi connectivity index (χ4v) is 3.75. The first-order valence-corrected chi connectivity index (χ1v) is 10.5. The van der Waals surface area contributed by atoms with Gasteiger partial charge in [0.05, 0.1) is 18.9 Å². The van der Waals surface area contributed by atoms with E-state index in [2.05, 4.69) is 63.2 Å². The Morgan fingerprint density at radius 1 is 1.03 bits per heavy atom. The van der Waals surface area contributed by atoms with Crippen LogP contribution in [0.25, 0.3) is 0 Å². The topological polar surface area (TPSA) is 79.3 Å². The van der Waals surface area contributed by atoms with Crippen molar-refractivity contribution >= 4 is 17.6 Å². The van der Waals surface area contributed by atoms with Crippen LogP contribution in [0.4, 0.5) is 17.6 Å². The highest BCUT2D eigenvalue weighted by molar-refractivity contribution is 5.44. The lowest BCUT2D eigenvalue weighted by molar-refractivity contribution is 0.122. The molecule has 29 heavy (non-hydrogen) atoms. The zero-order valence-corrected chi connectivity index (χ0v) is 17.6. The van der Waals surface area contributed by atoms with Crippen LogP contribution in [-0.2, 0) is 10.2 Å². The van der Waals surface area contributed by atoms with Gasteiger partial charge in [-0.15, -0.1) is 5.10 Å². The monoisotopic (exact) mass is 397 g/mol. The summed E-state index contributed by atoms with van der Waals surface area (Å²) in [7, 11) is 0. The van der Waals surface area contributed by atoms with Gasteiger partial charge in [-0.3, -0.25) is 0 Å². The highest BCUT2D eigenvalue weighted by Crippen LogP contribution is 2.23. The van der Waals surface area contributed by atoms with Gasteiger partial charge < -0.3 is 19.9 Å². The lowest BCUT2D eigenvalue weighted by atomic mass is 9.92. The van der Waals surface area contributed by atoms with Gasteiger partial charge in [-0.2, -0.15) is 10.1 Å². The summed E-state index contributed by atoms with van der Waals surface area (Å²) in [5.41, 5.74) is 1.03. The van der Waals surface area contributed by atoms with E-state index < -0.39 is 0 Å². The Hall–Kier alpha value is -2.48. The van der Waals surface area contributed by atoms with Crippen LogP contribution in [0.5, 0.6) is 0 Å². The SMILES string of the molecule is CC(C)(C)c1ccc(N2CCCC(Nc3ccnc(N4CCOCC4)n3)C2)nn1. The van der Waals surface area contributed by atoms with Crippen LogP contribution in [0, 0.1) is 0 Å². The highest BCUT2D eigenvalue weighted by Gasteiger charge is 2.23. The van der Waals surface area contributed by atoms with Crippen molar-refractivity contribution in [3.8, 4) is 0 Å². The molecule has 2 aliphatic rings. The molecule has 0 amide bonds. The Bertz CT molecular complexity index is 799. The van der Waals surface area contributed by atoms with Gasteiger partial charge in [0, 0.05) is 43.8 Å². The molecule has 1 N–H and O–H groups in total. The van der Waals surface area contributed by atoms with E-state index in [1.165, 1.54) is 0 Å². The Morgan fingerprint density at radius 2 is 1.86 bits per heavy atom. The molecule has 0 bridgehead atoms. The maximum Gasteiger partial charge on any atom is 0.227 e. The van der Waals surface area contributed by atoms with Gasteiger partial charge >= 0.3 is 0 Å². The number of nitrogens with one attached hydrogen (secondary N) is 1. The molecule has 0 aliphatic carbocycles. The molecule has 0 radical (unpaired) electrons. The molecule has 8 heteroatoms. The third-order valence-corrected chi connectivity index (χ3v) is 5.45. The van der Waals surface area contributed by atoms with Crippen molar-refractivity contribution in [2.45, 2.75) is 45.1 Å². The van der Waals surface area contributed by atoms with E-state index in [-0.39, 0.29) is 5.41 Å². The number of rotatable bonds is 4. The Labute approximate surface area is 172 Å². The zero-order chi connectivity index (χ0) is 20.3. The van der Waals surface area contributed by atoms with Crippen LogP contribution >= 0.6 is 0 Å². The van der Waals surface area contributed by atoms with Crippen LogP contribution in [0.2, 0.25) is 0 Å². The van der Waals surface area contributed by atoms with Crippen LogP contribution in [0.15, 0.2) is 24.4 Å². The van der Waals surface area contributed by atoms with Crippen LogP contribution in [0.3, 0.4) is 0 Å². The molecule has 4 heterocycles. The Morgan fingerprint density at radius 3 is 2.59 bits per heavy atom. The molecule has 2 aromatic rings. The van der Waals surface area contributed by atoms with E-state index in [1.807, 2.05) is 12.3 Å². The van der Waals surface area contributed by atoms with E-state index in [0.717, 1.165) is 75.5 Å². The third kappa shape index (κ3) is 4.93. The molecular formula is C21H31N7O. The molecule has 2 aliphatic heterocycles. The summed E-state index contributed by atoms with van der Waals surface area (Å²) in [4.78, 5) is 13.7. The smallest absolute Gasteiger partial charge is 0.227 e. The largest absolute Gasteiger partial charge is 0.378 e. The fourth-order valence-electron chi connectivity index (χ4n) is 3.75. The molecule has 4 rings (SSSR count). The molecule has 1 atom stereocenters. The maximum absolute atomic E-state index is 5.42. The summed E-state index contributed by atoms with van der Waals surface area (Å²) in [6.07, 6.45) is 4.06. The minimum Gasteiger partial charge on any atom is -0.378 e. The molecule has 2 saturated heterocycles. The van der Waals surface area contributed by atoms with E-state index in [4.69, 9.17) is 9.72 Å². The Kier molecular flexibility index (Phi) is 5.80. The molecule has 2 aromatic heterocycles. The van der Waals surface area contributed by atoms with Crippen molar-refractivity contribution in [1.29, 1.82) is 0 Å². The first-order valence-electron chi connectivity index (χ1n) is 10.5. The predicted molar refractivity (Wildman–Crippen MR) is 115 cm³/mol. The summed E-state index contributed by atoms with van der Waals surface area (Å²) in [6, 6.07) is 6.46. The van der Waals surface area contributed by atoms with Gasteiger partial charge in [0.15, 0.2) is 5.82 Å². The second kappa shape index (κ2) is 8.49. The van der Waals surface area contributed by atoms with Gasteiger partial charge in [0.25, 0.3) is 0 Å². The predicted octanol–water partition coefficient (Wildman–Crippen LogP) is 2.48. The number of piperidine rings is 1. The fraction of sp³-hybridized carbons (Fsp3) is 0.619. The number of hydrogen-bond donors (Lipinski definition) is 1. The number of nitrogens with zero attached hydrogens (tertiary/aromatic N) is 6. The second-order valence-corrected chi connectivity index (χ2v) is 8.80. The molecule has 0 aromatic carbocycles. The van der Waals surface area contributed by atoms with Crippen molar-refractivity contribution < 1.29 is 4.74 Å². The second-order valence-electron chi connectivity index (χ2n) is 8.80. The first kappa shape index (κ1) is 19.8. The number of aromatic nitrogens is 4. The van der Waals surface area contributed by atoms with Crippen LogP contribution < -0.4 is 15.1 Å². The van der Waals surface area contributed by atoms with Crippen molar-refractivity contribution in [2.24, 2.45) is 0 Å². The van der Waals surface area contributed by atoms with Crippen molar-refractivity contribution in [1.82, 2.24) is 20.2 Å². The van der Waals surface area contributed by atoms with E-state index >= 15 is 0 Å². The molecule has 0 spiro atoms. The molecule has 156 valence electrons. The number of morpholine rings is 1. The van der Waals surface area contributed by atoms with E-state index in [9.17, 15) is 0 Å². The summed E-state index contributed by atoms with van der Waals surface area (Å²) >= 11 is 0. The van der Waals surface area contributed by atoms with Crippen molar-refractivity contribution in [3.05, 3.63) is 30.1 Å².